The van der Waals surface area contributed by atoms with E-state index in [9.17, 15) is 4.79 Å². The number of carbonyl (C=O) groups excluding carboxylic acids is 1. The first-order chi connectivity index (χ1) is 7.29. The Balaban J connectivity index is 2.42. The number of hydrogen-bond acceptors (Lipinski definition) is 2. The van der Waals surface area contributed by atoms with Gasteiger partial charge in [0, 0.05) is 11.8 Å². The lowest BCUT2D eigenvalue weighted by molar-refractivity contribution is 0.103. The maximum absolute atomic E-state index is 11.9. The van der Waals surface area contributed by atoms with E-state index in [1.54, 1.807) is 30.5 Å². The first-order valence-corrected chi connectivity index (χ1v) is 4.87. The maximum Gasteiger partial charge on any atom is 0.212 e. The van der Waals surface area contributed by atoms with Crippen molar-refractivity contribution in [1.29, 1.82) is 0 Å². The Labute approximate surface area is 92.5 Å². The van der Waals surface area contributed by atoms with Crippen LogP contribution in [0.2, 0.25) is 5.02 Å². The van der Waals surface area contributed by atoms with Gasteiger partial charge in [-0.1, -0.05) is 41.9 Å². The summed E-state index contributed by atoms with van der Waals surface area (Å²) >= 11 is 5.89. The fraction of sp³-hybridized carbons (Fsp3) is 0. The molecule has 2 aromatic rings. The van der Waals surface area contributed by atoms with Crippen LogP contribution in [-0.4, -0.2) is 10.8 Å². The summed E-state index contributed by atoms with van der Waals surface area (Å²) in [6, 6.07) is 12.3. The van der Waals surface area contributed by atoms with Crippen molar-refractivity contribution in [3.05, 3.63) is 64.9 Å². The Morgan fingerprint density at radius 2 is 1.80 bits per heavy atom. The van der Waals surface area contributed by atoms with Crippen LogP contribution in [0.4, 0.5) is 0 Å². The molecule has 0 fully saturated rings. The second-order valence-electron chi connectivity index (χ2n) is 3.03. The minimum Gasteiger partial charge on any atom is -0.287 e. The second-order valence-corrected chi connectivity index (χ2v) is 3.44. The highest BCUT2D eigenvalue weighted by Crippen LogP contribution is 2.16. The van der Waals surface area contributed by atoms with Crippen molar-refractivity contribution in [2.45, 2.75) is 0 Å². The molecule has 3 heteroatoms. The van der Waals surface area contributed by atoms with Gasteiger partial charge in [0.05, 0.1) is 5.02 Å². The number of ketones is 1. The van der Waals surface area contributed by atoms with E-state index in [0.717, 1.165) is 0 Å². The molecule has 0 unspecified atom stereocenters. The van der Waals surface area contributed by atoms with E-state index in [4.69, 9.17) is 11.6 Å². The minimum atomic E-state index is -0.152. The number of carbonyl (C=O) groups is 1. The first kappa shape index (κ1) is 9.87. The number of rotatable bonds is 2. The molecule has 0 saturated carbocycles. The Hall–Kier alpha value is -1.67. The predicted molar refractivity (Wildman–Crippen MR) is 59.1 cm³/mol. The number of nitrogens with zero attached hydrogens (tertiary/aromatic N) is 1. The van der Waals surface area contributed by atoms with Crippen molar-refractivity contribution >= 4 is 17.4 Å². The Bertz CT molecular complexity index is 482. The van der Waals surface area contributed by atoms with Gasteiger partial charge in [-0.2, -0.15) is 0 Å². The van der Waals surface area contributed by atoms with Crippen molar-refractivity contribution in [2.75, 3.05) is 0 Å². The van der Waals surface area contributed by atoms with Gasteiger partial charge < -0.3 is 0 Å². The van der Waals surface area contributed by atoms with Crippen LogP contribution in [0, 0.1) is 0 Å². The zero-order chi connectivity index (χ0) is 10.7. The summed E-state index contributed by atoms with van der Waals surface area (Å²) in [5, 5.41) is 0.381. The molecule has 1 aromatic heterocycles. The van der Waals surface area contributed by atoms with Crippen LogP contribution >= 0.6 is 11.6 Å². The topological polar surface area (TPSA) is 30.0 Å². The molecule has 2 nitrogen and oxygen atoms in total. The molecule has 1 heterocycles. The van der Waals surface area contributed by atoms with Crippen molar-refractivity contribution in [3.63, 3.8) is 0 Å². The molecule has 0 atom stereocenters. The van der Waals surface area contributed by atoms with Crippen LogP contribution in [-0.2, 0) is 0 Å². The van der Waals surface area contributed by atoms with Crippen molar-refractivity contribution in [3.8, 4) is 0 Å². The van der Waals surface area contributed by atoms with E-state index < -0.39 is 0 Å². The molecule has 0 N–H and O–H groups in total. The van der Waals surface area contributed by atoms with Crippen LogP contribution < -0.4 is 0 Å². The number of pyridine rings is 1. The molecule has 0 aliphatic carbocycles. The Kier molecular flexibility index (Phi) is 2.79. The van der Waals surface area contributed by atoms with Crippen molar-refractivity contribution < 1.29 is 4.79 Å². The monoisotopic (exact) mass is 217 g/mol. The van der Waals surface area contributed by atoms with Crippen LogP contribution in [0.3, 0.4) is 0 Å². The summed E-state index contributed by atoms with van der Waals surface area (Å²) in [6.07, 6.45) is 1.56. The first-order valence-electron chi connectivity index (χ1n) is 4.49. The molecule has 0 amide bonds. The highest BCUT2D eigenvalue weighted by atomic mass is 35.5. The molecule has 0 bridgehead atoms. The second kappa shape index (κ2) is 4.24. The van der Waals surface area contributed by atoms with E-state index in [0.29, 0.717) is 16.3 Å². The smallest absolute Gasteiger partial charge is 0.212 e. The summed E-state index contributed by atoms with van der Waals surface area (Å²) in [4.78, 5) is 15.9. The molecular weight excluding hydrogens is 210 g/mol. The minimum absolute atomic E-state index is 0.152. The van der Waals surface area contributed by atoms with Crippen molar-refractivity contribution in [2.24, 2.45) is 0 Å². The molecule has 0 radical (unpaired) electrons. The quantitative estimate of drug-likeness (QED) is 0.724. The van der Waals surface area contributed by atoms with Gasteiger partial charge in [-0.05, 0) is 12.1 Å². The fourth-order valence-corrected chi connectivity index (χ4v) is 1.49. The van der Waals surface area contributed by atoms with Gasteiger partial charge in [-0.3, -0.25) is 9.78 Å². The lowest BCUT2D eigenvalue weighted by atomic mass is 10.1. The number of halogens is 1. The molecule has 0 aliphatic rings. The van der Waals surface area contributed by atoms with E-state index in [1.165, 1.54) is 0 Å². The van der Waals surface area contributed by atoms with Gasteiger partial charge in [-0.15, -0.1) is 0 Å². The molecule has 2 rings (SSSR count). The number of benzene rings is 1. The molecular formula is C12H8ClNO. The standard InChI is InChI=1S/C12H8ClNO/c13-10-7-4-8-14-11(10)12(15)9-5-2-1-3-6-9/h1-8H. The van der Waals surface area contributed by atoms with Crippen LogP contribution in [0.15, 0.2) is 48.7 Å². The highest BCUT2D eigenvalue weighted by molar-refractivity contribution is 6.34. The van der Waals surface area contributed by atoms with E-state index >= 15 is 0 Å². The zero-order valence-electron chi connectivity index (χ0n) is 7.85. The fourth-order valence-electron chi connectivity index (χ4n) is 1.28. The largest absolute Gasteiger partial charge is 0.287 e. The zero-order valence-corrected chi connectivity index (χ0v) is 8.61. The van der Waals surface area contributed by atoms with Gasteiger partial charge in [0.25, 0.3) is 0 Å². The molecule has 0 spiro atoms. The number of hydrogen-bond donors (Lipinski definition) is 0. The molecule has 74 valence electrons. The molecule has 1 aromatic carbocycles. The van der Waals surface area contributed by atoms with Gasteiger partial charge in [0.1, 0.15) is 5.69 Å². The van der Waals surface area contributed by atoms with Crippen LogP contribution in [0.1, 0.15) is 16.1 Å². The summed E-state index contributed by atoms with van der Waals surface area (Å²) in [6.45, 7) is 0. The summed E-state index contributed by atoms with van der Waals surface area (Å²) in [7, 11) is 0. The summed E-state index contributed by atoms with van der Waals surface area (Å²) < 4.78 is 0. The SMILES string of the molecule is O=C(c1ccccc1)c1ncccc1Cl. The predicted octanol–water partition coefficient (Wildman–Crippen LogP) is 2.97. The van der Waals surface area contributed by atoms with Gasteiger partial charge in [0.15, 0.2) is 0 Å². The highest BCUT2D eigenvalue weighted by Gasteiger charge is 2.12. The van der Waals surface area contributed by atoms with E-state index in [1.807, 2.05) is 18.2 Å². The third-order valence-corrected chi connectivity index (χ3v) is 2.31. The summed E-state index contributed by atoms with van der Waals surface area (Å²) in [5.74, 6) is -0.152. The Morgan fingerprint density at radius 1 is 1.07 bits per heavy atom. The lowest BCUT2D eigenvalue weighted by Gasteiger charge is -2.01. The van der Waals surface area contributed by atoms with Gasteiger partial charge in [-0.25, -0.2) is 0 Å². The number of aromatic nitrogens is 1. The van der Waals surface area contributed by atoms with Crippen LogP contribution in [0.25, 0.3) is 0 Å². The molecule has 15 heavy (non-hydrogen) atoms. The normalized spacial score (nSPS) is 9.93. The van der Waals surface area contributed by atoms with Crippen molar-refractivity contribution in [1.82, 2.24) is 4.98 Å². The average Bonchev–Trinajstić information content (AvgIpc) is 2.30. The average molecular weight is 218 g/mol. The third-order valence-electron chi connectivity index (χ3n) is 2.01. The van der Waals surface area contributed by atoms with Crippen LogP contribution in [0.5, 0.6) is 0 Å². The van der Waals surface area contributed by atoms with Gasteiger partial charge >= 0.3 is 0 Å². The third kappa shape index (κ3) is 2.05. The van der Waals surface area contributed by atoms with Gasteiger partial charge in [0.2, 0.25) is 5.78 Å². The molecule has 0 aliphatic heterocycles. The van der Waals surface area contributed by atoms with E-state index in [2.05, 4.69) is 4.98 Å². The van der Waals surface area contributed by atoms with E-state index in [-0.39, 0.29) is 5.78 Å². The summed E-state index contributed by atoms with van der Waals surface area (Å²) in [5.41, 5.74) is 0.892. The maximum atomic E-state index is 11.9. The molecule has 0 saturated heterocycles. The Morgan fingerprint density at radius 3 is 2.47 bits per heavy atom. The lowest BCUT2D eigenvalue weighted by Crippen LogP contribution is -2.04.